The fraction of sp³-hybridized carbons (Fsp3) is 0.214. The second-order valence-corrected chi connectivity index (χ2v) is 6.30. The van der Waals surface area contributed by atoms with Crippen molar-refractivity contribution < 1.29 is 14.6 Å². The van der Waals surface area contributed by atoms with E-state index in [1.54, 1.807) is 6.07 Å². The molecule has 2 heterocycles. The standard InChI is InChI=1S/C14H12BrClN4O3/c15-8-1-2-10(16)7(3-8)6-23-12-9-4-20(14(21)22)5-11(9)18-13(17)19-12/h1-3H,4-6H2,(H,21,22)(H2,17,18,19). The van der Waals surface area contributed by atoms with Gasteiger partial charge in [0.15, 0.2) is 0 Å². The number of fused-ring (bicyclic) bond motifs is 1. The quantitative estimate of drug-likeness (QED) is 0.822. The van der Waals surface area contributed by atoms with E-state index < -0.39 is 6.09 Å². The van der Waals surface area contributed by atoms with Crippen LogP contribution in [0.1, 0.15) is 16.8 Å². The van der Waals surface area contributed by atoms with Gasteiger partial charge in [-0.25, -0.2) is 9.78 Å². The molecule has 0 bridgehead atoms. The maximum atomic E-state index is 11.1. The van der Waals surface area contributed by atoms with Gasteiger partial charge in [0.05, 0.1) is 24.3 Å². The Balaban J connectivity index is 1.84. The molecule has 0 unspecified atom stereocenters. The molecule has 3 N–H and O–H groups in total. The molecule has 23 heavy (non-hydrogen) atoms. The number of hydrogen-bond donors (Lipinski definition) is 2. The number of amides is 1. The van der Waals surface area contributed by atoms with Gasteiger partial charge in [0.2, 0.25) is 11.8 Å². The lowest BCUT2D eigenvalue weighted by atomic mass is 10.2. The summed E-state index contributed by atoms with van der Waals surface area (Å²) in [4.78, 5) is 20.5. The second-order valence-electron chi connectivity index (χ2n) is 4.98. The topological polar surface area (TPSA) is 102 Å². The Morgan fingerprint density at radius 3 is 2.96 bits per heavy atom. The minimum absolute atomic E-state index is 0.0475. The number of rotatable bonds is 3. The van der Waals surface area contributed by atoms with Crippen molar-refractivity contribution >= 4 is 39.6 Å². The van der Waals surface area contributed by atoms with Crippen LogP contribution in [0.25, 0.3) is 0 Å². The maximum Gasteiger partial charge on any atom is 0.407 e. The molecule has 0 saturated carbocycles. The van der Waals surface area contributed by atoms with E-state index in [0.29, 0.717) is 16.3 Å². The van der Waals surface area contributed by atoms with Crippen molar-refractivity contribution in [3.8, 4) is 5.88 Å². The summed E-state index contributed by atoms with van der Waals surface area (Å²) in [6.07, 6.45) is -1.03. The van der Waals surface area contributed by atoms with Crippen molar-refractivity contribution in [2.24, 2.45) is 0 Å². The maximum absolute atomic E-state index is 11.1. The largest absolute Gasteiger partial charge is 0.472 e. The minimum atomic E-state index is -1.03. The van der Waals surface area contributed by atoms with Crippen LogP contribution in [0, 0.1) is 0 Å². The van der Waals surface area contributed by atoms with Gasteiger partial charge in [0, 0.05) is 15.1 Å². The van der Waals surface area contributed by atoms with Crippen LogP contribution in [-0.4, -0.2) is 26.1 Å². The number of nitrogens with two attached hydrogens (primary N) is 1. The third-order valence-corrected chi connectivity index (χ3v) is 4.27. The Morgan fingerprint density at radius 2 is 2.22 bits per heavy atom. The lowest BCUT2D eigenvalue weighted by Gasteiger charge is -2.11. The third-order valence-electron chi connectivity index (χ3n) is 3.40. The number of benzene rings is 1. The van der Waals surface area contributed by atoms with Crippen LogP contribution >= 0.6 is 27.5 Å². The Morgan fingerprint density at radius 1 is 1.43 bits per heavy atom. The van der Waals surface area contributed by atoms with E-state index >= 15 is 0 Å². The number of ether oxygens (including phenoxy) is 1. The summed E-state index contributed by atoms with van der Waals surface area (Å²) in [7, 11) is 0. The van der Waals surface area contributed by atoms with Crippen molar-refractivity contribution in [1.82, 2.24) is 14.9 Å². The zero-order valence-electron chi connectivity index (χ0n) is 11.8. The van der Waals surface area contributed by atoms with Crippen LogP contribution in [0.5, 0.6) is 5.88 Å². The van der Waals surface area contributed by atoms with E-state index in [4.69, 9.17) is 27.2 Å². The molecule has 1 aliphatic rings. The predicted molar refractivity (Wildman–Crippen MR) is 87.2 cm³/mol. The SMILES string of the molecule is Nc1nc2c(c(OCc3cc(Br)ccc3Cl)n1)CN(C(=O)O)C2. The summed E-state index contributed by atoms with van der Waals surface area (Å²) in [5, 5.41) is 9.67. The van der Waals surface area contributed by atoms with Crippen LogP contribution in [0.2, 0.25) is 5.02 Å². The highest BCUT2D eigenvalue weighted by molar-refractivity contribution is 9.10. The van der Waals surface area contributed by atoms with Gasteiger partial charge in [-0.3, -0.25) is 4.90 Å². The van der Waals surface area contributed by atoms with E-state index in [-0.39, 0.29) is 31.5 Å². The van der Waals surface area contributed by atoms with Crippen molar-refractivity contribution in [3.63, 3.8) is 0 Å². The average molecular weight is 400 g/mol. The van der Waals surface area contributed by atoms with Crippen molar-refractivity contribution in [2.75, 3.05) is 5.73 Å². The average Bonchev–Trinajstić information content (AvgIpc) is 2.92. The van der Waals surface area contributed by atoms with Crippen LogP contribution < -0.4 is 10.5 Å². The molecule has 0 fully saturated rings. The first-order valence-corrected chi connectivity index (χ1v) is 7.81. The Hall–Kier alpha value is -2.06. The number of aromatic nitrogens is 2. The fourth-order valence-electron chi connectivity index (χ4n) is 2.30. The van der Waals surface area contributed by atoms with Gasteiger partial charge < -0.3 is 15.6 Å². The van der Waals surface area contributed by atoms with Crippen molar-refractivity contribution in [3.05, 3.63) is 44.5 Å². The third kappa shape index (κ3) is 3.32. The summed E-state index contributed by atoms with van der Waals surface area (Å²) in [6, 6.07) is 5.43. The van der Waals surface area contributed by atoms with Gasteiger partial charge in [0.25, 0.3) is 0 Å². The molecule has 0 spiro atoms. The smallest absolute Gasteiger partial charge is 0.407 e. The normalized spacial score (nSPS) is 13.0. The Kier molecular flexibility index (Phi) is 4.27. The monoisotopic (exact) mass is 398 g/mol. The molecule has 0 atom stereocenters. The first-order valence-electron chi connectivity index (χ1n) is 6.64. The molecule has 1 amide bonds. The number of carboxylic acid groups (broad SMARTS) is 1. The molecule has 120 valence electrons. The van der Waals surface area contributed by atoms with E-state index in [1.807, 2.05) is 12.1 Å². The van der Waals surface area contributed by atoms with Crippen molar-refractivity contribution in [1.29, 1.82) is 0 Å². The van der Waals surface area contributed by atoms with E-state index in [2.05, 4.69) is 25.9 Å². The summed E-state index contributed by atoms with van der Waals surface area (Å²) >= 11 is 9.51. The molecule has 0 radical (unpaired) electrons. The summed E-state index contributed by atoms with van der Waals surface area (Å²) in [5.41, 5.74) is 7.65. The first-order chi connectivity index (χ1) is 10.9. The van der Waals surface area contributed by atoms with Gasteiger partial charge in [0.1, 0.15) is 6.61 Å². The molecule has 0 saturated heterocycles. The van der Waals surface area contributed by atoms with Gasteiger partial charge in [-0.15, -0.1) is 0 Å². The molecule has 2 aromatic rings. The number of halogens is 2. The number of anilines is 1. The summed E-state index contributed by atoms with van der Waals surface area (Å²) < 4.78 is 6.60. The highest BCUT2D eigenvalue weighted by atomic mass is 79.9. The predicted octanol–water partition coefficient (Wildman–Crippen LogP) is 3.05. The van der Waals surface area contributed by atoms with Crippen molar-refractivity contribution in [2.45, 2.75) is 19.7 Å². The molecular weight excluding hydrogens is 388 g/mol. The first kappa shape index (κ1) is 15.8. The fourth-order valence-corrected chi connectivity index (χ4v) is 2.88. The number of nitrogen functional groups attached to an aromatic ring is 1. The molecule has 1 aromatic heterocycles. The van der Waals surface area contributed by atoms with E-state index in [1.165, 1.54) is 4.90 Å². The van der Waals surface area contributed by atoms with E-state index in [9.17, 15) is 4.79 Å². The number of hydrogen-bond acceptors (Lipinski definition) is 5. The molecule has 7 nitrogen and oxygen atoms in total. The Labute approximate surface area is 145 Å². The van der Waals surface area contributed by atoms with Crippen LogP contribution in [0.3, 0.4) is 0 Å². The van der Waals surface area contributed by atoms with Gasteiger partial charge >= 0.3 is 6.09 Å². The number of carbonyl (C=O) groups is 1. The van der Waals surface area contributed by atoms with Crippen LogP contribution in [0.15, 0.2) is 22.7 Å². The highest BCUT2D eigenvalue weighted by Gasteiger charge is 2.28. The van der Waals surface area contributed by atoms with E-state index in [0.717, 1.165) is 10.0 Å². The lowest BCUT2D eigenvalue weighted by molar-refractivity contribution is 0.144. The second kappa shape index (κ2) is 6.21. The minimum Gasteiger partial charge on any atom is -0.472 e. The molecule has 0 aliphatic carbocycles. The van der Waals surface area contributed by atoms with Gasteiger partial charge in [-0.05, 0) is 18.2 Å². The molecular formula is C14H12BrClN4O3. The summed E-state index contributed by atoms with van der Waals surface area (Å²) in [5.74, 6) is 0.332. The van der Waals surface area contributed by atoms with Crippen LogP contribution in [-0.2, 0) is 19.7 Å². The molecule has 1 aromatic carbocycles. The molecule has 1 aliphatic heterocycles. The number of nitrogens with zero attached hydrogens (tertiary/aromatic N) is 3. The summed E-state index contributed by atoms with van der Waals surface area (Å²) in [6.45, 7) is 0.534. The highest BCUT2D eigenvalue weighted by Crippen LogP contribution is 2.30. The van der Waals surface area contributed by atoms with Crippen LogP contribution in [0.4, 0.5) is 10.7 Å². The van der Waals surface area contributed by atoms with Gasteiger partial charge in [-0.2, -0.15) is 4.98 Å². The van der Waals surface area contributed by atoms with Gasteiger partial charge in [-0.1, -0.05) is 27.5 Å². The zero-order chi connectivity index (χ0) is 16.6. The zero-order valence-corrected chi connectivity index (χ0v) is 14.1. The lowest BCUT2D eigenvalue weighted by Crippen LogP contribution is -2.22. The Bertz CT molecular complexity index is 787. The molecule has 3 rings (SSSR count). The molecule has 9 heteroatoms.